The van der Waals surface area contributed by atoms with Crippen LogP contribution in [0.25, 0.3) is 0 Å². The number of aromatic amines is 2. The summed E-state index contributed by atoms with van der Waals surface area (Å²) in [6, 6.07) is 0.533. The van der Waals surface area contributed by atoms with Crippen molar-refractivity contribution in [1.29, 1.82) is 0 Å². The Morgan fingerprint density at radius 1 is 1.45 bits per heavy atom. The molecule has 1 aromatic rings. The summed E-state index contributed by atoms with van der Waals surface area (Å²) in [4.78, 5) is 43.4. The van der Waals surface area contributed by atoms with Crippen molar-refractivity contribution in [3.8, 4) is 0 Å². The molecule has 1 aliphatic rings. The fourth-order valence-corrected chi connectivity index (χ4v) is 2.84. The molecule has 1 saturated heterocycles. The van der Waals surface area contributed by atoms with E-state index in [4.69, 9.17) is 0 Å². The maximum Gasteiger partial charge on any atom is 0.325 e. The van der Waals surface area contributed by atoms with Crippen molar-refractivity contribution in [2.75, 3.05) is 26.7 Å². The topological polar surface area (TPSA) is 89.3 Å². The Bertz CT molecular complexity index is 634. The monoisotopic (exact) mass is 308 g/mol. The molecule has 2 rings (SSSR count). The highest BCUT2D eigenvalue weighted by Crippen LogP contribution is 2.19. The van der Waals surface area contributed by atoms with Crippen LogP contribution in [0.5, 0.6) is 0 Å². The van der Waals surface area contributed by atoms with Crippen LogP contribution in [0.2, 0.25) is 0 Å². The van der Waals surface area contributed by atoms with E-state index < -0.39 is 11.2 Å². The zero-order valence-electron chi connectivity index (χ0n) is 13.4. The molecule has 0 saturated carbocycles. The number of hydrogen-bond donors (Lipinski definition) is 2. The largest absolute Gasteiger partial charge is 0.345 e. The van der Waals surface area contributed by atoms with Crippen LogP contribution in [0, 0.1) is 5.92 Å². The summed E-state index contributed by atoms with van der Waals surface area (Å²) in [6.45, 7) is 7.14. The minimum absolute atomic E-state index is 0.00320. The molecule has 0 unspecified atom stereocenters. The fourth-order valence-electron chi connectivity index (χ4n) is 2.84. The summed E-state index contributed by atoms with van der Waals surface area (Å²) >= 11 is 0. The van der Waals surface area contributed by atoms with Crippen LogP contribution < -0.4 is 11.2 Å². The molecule has 122 valence electrons. The van der Waals surface area contributed by atoms with Gasteiger partial charge < -0.3 is 14.8 Å². The van der Waals surface area contributed by atoms with Gasteiger partial charge in [-0.05, 0) is 32.7 Å². The predicted molar refractivity (Wildman–Crippen MR) is 83.8 cm³/mol. The molecule has 2 heterocycles. The van der Waals surface area contributed by atoms with Gasteiger partial charge in [-0.25, -0.2) is 4.79 Å². The number of H-pyrrole nitrogens is 2. The lowest BCUT2D eigenvalue weighted by Crippen LogP contribution is -2.36. The number of likely N-dealkylation sites (tertiary alicyclic amines) is 1. The molecule has 0 aromatic carbocycles. The van der Waals surface area contributed by atoms with Crippen LogP contribution in [-0.2, 0) is 11.2 Å². The van der Waals surface area contributed by atoms with Crippen molar-refractivity contribution in [1.82, 2.24) is 19.8 Å². The smallest absolute Gasteiger partial charge is 0.325 e. The Kier molecular flexibility index (Phi) is 5.18. The molecule has 1 aromatic heterocycles. The van der Waals surface area contributed by atoms with E-state index in [0.29, 0.717) is 18.5 Å². The quantitative estimate of drug-likeness (QED) is 0.788. The molecule has 7 nitrogen and oxygen atoms in total. The predicted octanol–water partition coefficient (Wildman–Crippen LogP) is -0.206. The first kappa shape index (κ1) is 16.5. The first-order valence-corrected chi connectivity index (χ1v) is 7.65. The number of likely N-dealkylation sites (N-methyl/N-ethyl adjacent to an activating group) is 1. The van der Waals surface area contributed by atoms with E-state index in [9.17, 15) is 14.4 Å². The van der Waals surface area contributed by atoms with Gasteiger partial charge in [-0.1, -0.05) is 0 Å². The van der Waals surface area contributed by atoms with Gasteiger partial charge in [0.25, 0.3) is 5.56 Å². The minimum Gasteiger partial charge on any atom is -0.345 e. The van der Waals surface area contributed by atoms with Gasteiger partial charge in [-0.15, -0.1) is 0 Å². The number of aromatic nitrogens is 2. The van der Waals surface area contributed by atoms with E-state index in [2.05, 4.69) is 28.7 Å². The normalized spacial score (nSPS) is 18.8. The molecule has 0 bridgehead atoms. The van der Waals surface area contributed by atoms with Gasteiger partial charge in [-0.2, -0.15) is 0 Å². The molecule has 0 radical (unpaired) electrons. The van der Waals surface area contributed by atoms with Crippen LogP contribution in [0.15, 0.2) is 15.8 Å². The third-order valence-corrected chi connectivity index (χ3v) is 4.24. The molecule has 1 aliphatic heterocycles. The zero-order valence-corrected chi connectivity index (χ0v) is 13.4. The van der Waals surface area contributed by atoms with Gasteiger partial charge in [0.1, 0.15) is 0 Å². The lowest BCUT2D eigenvalue weighted by molar-refractivity contribution is -0.129. The lowest BCUT2D eigenvalue weighted by Gasteiger charge is -2.23. The Balaban J connectivity index is 1.90. The van der Waals surface area contributed by atoms with Crippen LogP contribution in [0.4, 0.5) is 0 Å². The zero-order chi connectivity index (χ0) is 16.3. The van der Waals surface area contributed by atoms with E-state index in [1.807, 2.05) is 0 Å². The van der Waals surface area contributed by atoms with Gasteiger partial charge in [0.05, 0.1) is 6.42 Å². The SMILES string of the molecule is CC(C)N1CC[C@@H](CN(C)C(=O)Cc2c[nH]c(=O)[nH]c2=O)C1. The second-order valence-corrected chi connectivity index (χ2v) is 6.29. The molecule has 2 N–H and O–H groups in total. The number of nitrogens with one attached hydrogen (secondary N) is 2. The molecular formula is C15H24N4O3. The minimum atomic E-state index is -0.561. The molecular weight excluding hydrogens is 284 g/mol. The van der Waals surface area contributed by atoms with Crippen molar-refractivity contribution in [2.24, 2.45) is 5.92 Å². The summed E-state index contributed by atoms with van der Waals surface area (Å²) in [6.07, 6.45) is 2.40. The van der Waals surface area contributed by atoms with Crippen molar-refractivity contribution in [3.63, 3.8) is 0 Å². The average Bonchev–Trinajstić information content (AvgIpc) is 2.90. The van der Waals surface area contributed by atoms with Crippen LogP contribution >= 0.6 is 0 Å². The summed E-state index contributed by atoms with van der Waals surface area (Å²) in [5, 5.41) is 0. The van der Waals surface area contributed by atoms with Crippen LogP contribution in [0.3, 0.4) is 0 Å². The van der Waals surface area contributed by atoms with E-state index in [1.54, 1.807) is 11.9 Å². The summed E-state index contributed by atoms with van der Waals surface area (Å²) in [5.41, 5.74) is -0.779. The molecule has 1 atom stereocenters. The van der Waals surface area contributed by atoms with Gasteiger partial charge >= 0.3 is 5.69 Å². The molecule has 1 fully saturated rings. The Hall–Kier alpha value is -1.89. The number of nitrogens with zero attached hydrogens (tertiary/aromatic N) is 2. The van der Waals surface area contributed by atoms with E-state index >= 15 is 0 Å². The van der Waals surface area contributed by atoms with Gasteiger partial charge in [0.15, 0.2) is 0 Å². The number of carbonyl (C=O) groups excluding carboxylic acids is 1. The Morgan fingerprint density at radius 2 is 2.18 bits per heavy atom. The van der Waals surface area contributed by atoms with E-state index in [-0.39, 0.29) is 17.9 Å². The number of hydrogen-bond acceptors (Lipinski definition) is 4. The third-order valence-electron chi connectivity index (χ3n) is 4.24. The summed E-state index contributed by atoms with van der Waals surface area (Å²) in [5.74, 6) is 0.366. The highest BCUT2D eigenvalue weighted by molar-refractivity contribution is 5.78. The third kappa shape index (κ3) is 4.07. The molecule has 7 heteroatoms. The van der Waals surface area contributed by atoms with E-state index in [1.165, 1.54) is 6.20 Å². The average molecular weight is 308 g/mol. The number of rotatable bonds is 5. The Morgan fingerprint density at radius 3 is 2.77 bits per heavy atom. The maximum atomic E-state index is 12.2. The highest BCUT2D eigenvalue weighted by Gasteiger charge is 2.26. The summed E-state index contributed by atoms with van der Waals surface area (Å²) < 4.78 is 0. The van der Waals surface area contributed by atoms with Crippen molar-refractivity contribution >= 4 is 5.91 Å². The maximum absolute atomic E-state index is 12.2. The number of carbonyl (C=O) groups is 1. The van der Waals surface area contributed by atoms with Crippen molar-refractivity contribution < 1.29 is 4.79 Å². The fraction of sp³-hybridized carbons (Fsp3) is 0.667. The standard InChI is InChI=1S/C15H24N4O3/c1-10(2)19-5-4-11(9-19)8-18(3)13(20)6-12-7-16-15(22)17-14(12)21/h7,10-11H,4-6,8-9H2,1-3H3,(H2,16,17,21,22)/t11-/m0/s1. The molecule has 1 amide bonds. The van der Waals surface area contributed by atoms with Crippen LogP contribution in [-0.4, -0.2) is 58.4 Å². The second kappa shape index (κ2) is 6.91. The molecule has 22 heavy (non-hydrogen) atoms. The van der Waals surface area contributed by atoms with Gasteiger partial charge in [-0.3, -0.25) is 14.6 Å². The number of amides is 1. The molecule has 0 spiro atoms. The van der Waals surface area contributed by atoms with Crippen LogP contribution in [0.1, 0.15) is 25.8 Å². The van der Waals surface area contributed by atoms with Crippen molar-refractivity contribution in [2.45, 2.75) is 32.7 Å². The van der Waals surface area contributed by atoms with Gasteiger partial charge in [0.2, 0.25) is 5.91 Å². The van der Waals surface area contributed by atoms with Crippen molar-refractivity contribution in [3.05, 3.63) is 32.6 Å². The molecule has 0 aliphatic carbocycles. The Labute approximate surface area is 129 Å². The van der Waals surface area contributed by atoms with E-state index in [0.717, 1.165) is 19.5 Å². The lowest BCUT2D eigenvalue weighted by atomic mass is 10.1. The summed E-state index contributed by atoms with van der Waals surface area (Å²) in [7, 11) is 1.76. The second-order valence-electron chi connectivity index (χ2n) is 6.29. The highest BCUT2D eigenvalue weighted by atomic mass is 16.2. The first-order chi connectivity index (χ1) is 10.4. The van der Waals surface area contributed by atoms with Gasteiger partial charge in [0, 0.05) is 37.9 Å². The first-order valence-electron chi connectivity index (χ1n) is 7.65.